The molecule has 140 valence electrons. The summed E-state index contributed by atoms with van der Waals surface area (Å²) in [5.74, 6) is -0.118. The summed E-state index contributed by atoms with van der Waals surface area (Å²) in [7, 11) is 1.38. The van der Waals surface area contributed by atoms with E-state index in [1.807, 2.05) is 23.1 Å². The lowest BCUT2D eigenvalue weighted by Crippen LogP contribution is -2.21. The molecule has 5 nitrogen and oxygen atoms in total. The summed E-state index contributed by atoms with van der Waals surface area (Å²) in [6.45, 7) is 0.784. The second-order valence-electron chi connectivity index (χ2n) is 7.34. The van der Waals surface area contributed by atoms with Crippen molar-refractivity contribution in [2.24, 2.45) is 0 Å². The van der Waals surface area contributed by atoms with Crippen molar-refractivity contribution < 1.29 is 13.9 Å². The van der Waals surface area contributed by atoms with Gasteiger partial charge < -0.3 is 9.64 Å². The summed E-state index contributed by atoms with van der Waals surface area (Å²) in [6.07, 6.45) is 5.51. The topological polar surface area (TPSA) is 55.3 Å². The molecule has 0 amide bonds. The highest BCUT2D eigenvalue weighted by Crippen LogP contribution is 2.57. The van der Waals surface area contributed by atoms with Crippen molar-refractivity contribution in [2.75, 3.05) is 18.6 Å². The molecule has 2 aromatic carbocycles. The number of carbonyl (C=O) groups is 1. The number of ether oxygens (including phenoxy) is 1. The molecular formula is C22H18FN3O2. The van der Waals surface area contributed by atoms with Crippen molar-refractivity contribution in [2.45, 2.75) is 18.3 Å². The summed E-state index contributed by atoms with van der Waals surface area (Å²) in [5, 5.41) is 0. The minimum absolute atomic E-state index is 0.123. The number of hydrogen-bond acceptors (Lipinski definition) is 5. The molecule has 0 saturated heterocycles. The van der Waals surface area contributed by atoms with E-state index in [4.69, 9.17) is 4.74 Å². The Morgan fingerprint density at radius 3 is 2.57 bits per heavy atom. The van der Waals surface area contributed by atoms with Crippen molar-refractivity contribution in [3.63, 3.8) is 0 Å². The highest BCUT2D eigenvalue weighted by molar-refractivity contribution is 5.92. The molecular weight excluding hydrogens is 357 g/mol. The number of hydrogen-bond donors (Lipinski definition) is 0. The first-order valence-corrected chi connectivity index (χ1v) is 9.19. The molecule has 0 radical (unpaired) electrons. The lowest BCUT2D eigenvalue weighted by atomic mass is 9.97. The van der Waals surface area contributed by atoms with Crippen molar-refractivity contribution in [1.29, 1.82) is 0 Å². The average molecular weight is 375 g/mol. The van der Waals surface area contributed by atoms with Gasteiger partial charge in [0.05, 0.1) is 12.7 Å². The second kappa shape index (κ2) is 6.12. The van der Waals surface area contributed by atoms with E-state index >= 15 is 0 Å². The molecule has 1 aliphatic heterocycles. The molecule has 1 aromatic heterocycles. The smallest absolute Gasteiger partial charge is 0.337 e. The summed E-state index contributed by atoms with van der Waals surface area (Å²) in [6, 6.07) is 12.3. The fraction of sp³-hybridized carbons (Fsp3) is 0.227. The Balaban J connectivity index is 1.53. The minimum atomic E-state index is -0.365. The number of benzene rings is 2. The third-order valence-electron chi connectivity index (χ3n) is 5.66. The first-order valence-electron chi connectivity index (χ1n) is 9.19. The Labute approximate surface area is 161 Å². The highest BCUT2D eigenvalue weighted by atomic mass is 19.1. The number of rotatable bonds is 3. The van der Waals surface area contributed by atoms with Gasteiger partial charge in [0.25, 0.3) is 0 Å². The van der Waals surface area contributed by atoms with Crippen LogP contribution < -0.4 is 4.90 Å². The fourth-order valence-corrected chi connectivity index (χ4v) is 3.97. The van der Waals surface area contributed by atoms with Crippen LogP contribution in [0, 0.1) is 5.82 Å². The van der Waals surface area contributed by atoms with E-state index in [0.717, 1.165) is 25.1 Å². The van der Waals surface area contributed by atoms with E-state index in [1.165, 1.54) is 18.7 Å². The van der Waals surface area contributed by atoms with Crippen LogP contribution in [0.4, 0.5) is 16.0 Å². The molecule has 5 rings (SSSR count). The third-order valence-corrected chi connectivity index (χ3v) is 5.66. The van der Waals surface area contributed by atoms with E-state index < -0.39 is 0 Å². The summed E-state index contributed by atoms with van der Waals surface area (Å²) >= 11 is 0. The van der Waals surface area contributed by atoms with Crippen LogP contribution in [0.15, 0.2) is 54.9 Å². The lowest BCUT2D eigenvalue weighted by molar-refractivity contribution is 0.0601. The number of methoxy groups -OCH3 is 1. The van der Waals surface area contributed by atoms with Crippen molar-refractivity contribution >= 4 is 17.6 Å². The van der Waals surface area contributed by atoms with Crippen molar-refractivity contribution in [3.8, 4) is 11.1 Å². The molecule has 0 bridgehead atoms. The van der Waals surface area contributed by atoms with Gasteiger partial charge in [-0.2, -0.15) is 0 Å². The predicted molar refractivity (Wildman–Crippen MR) is 103 cm³/mol. The standard InChI is InChI=1S/C22H18FN3O2/c1-28-20(27)14-6-7-17-19(10-14)26(13-22(17)8-9-22)21-24-11-15(12-25-21)16-4-2-3-5-18(16)23/h2-7,10-12H,8-9,13H2,1H3. The average Bonchev–Trinajstić information content (AvgIpc) is 3.44. The van der Waals surface area contributed by atoms with Gasteiger partial charge in [-0.3, -0.25) is 0 Å². The first-order chi connectivity index (χ1) is 13.6. The number of aromatic nitrogens is 2. The van der Waals surface area contributed by atoms with Gasteiger partial charge in [-0.15, -0.1) is 0 Å². The number of carbonyl (C=O) groups excluding carboxylic acids is 1. The predicted octanol–water partition coefficient (Wildman–Crippen LogP) is 4.25. The van der Waals surface area contributed by atoms with Gasteiger partial charge in [0.1, 0.15) is 5.82 Å². The zero-order valence-corrected chi connectivity index (χ0v) is 15.4. The summed E-state index contributed by atoms with van der Waals surface area (Å²) in [4.78, 5) is 23.0. The third kappa shape index (κ3) is 2.56. The molecule has 2 aliphatic rings. The number of halogens is 1. The zero-order chi connectivity index (χ0) is 19.3. The van der Waals surface area contributed by atoms with Gasteiger partial charge >= 0.3 is 5.97 Å². The van der Waals surface area contributed by atoms with Gasteiger partial charge in [0.2, 0.25) is 5.95 Å². The van der Waals surface area contributed by atoms with E-state index in [1.54, 1.807) is 30.6 Å². The lowest BCUT2D eigenvalue weighted by Gasteiger charge is -2.18. The monoisotopic (exact) mass is 375 g/mol. The van der Waals surface area contributed by atoms with Crippen LogP contribution in [0.25, 0.3) is 11.1 Å². The quantitative estimate of drug-likeness (QED) is 0.641. The summed E-state index contributed by atoms with van der Waals surface area (Å²) in [5.41, 5.74) is 3.90. The molecule has 3 aromatic rings. The van der Waals surface area contributed by atoms with E-state index in [9.17, 15) is 9.18 Å². The maximum absolute atomic E-state index is 14.0. The molecule has 1 spiro atoms. The van der Waals surface area contributed by atoms with Crippen LogP contribution in [0.2, 0.25) is 0 Å². The highest BCUT2D eigenvalue weighted by Gasteiger charge is 2.52. The van der Waals surface area contributed by atoms with Crippen LogP contribution in [0.5, 0.6) is 0 Å². The van der Waals surface area contributed by atoms with Crippen LogP contribution in [0.3, 0.4) is 0 Å². The Kier molecular flexibility index (Phi) is 3.69. The Bertz CT molecular complexity index is 1080. The fourth-order valence-electron chi connectivity index (χ4n) is 3.97. The zero-order valence-electron chi connectivity index (χ0n) is 15.4. The van der Waals surface area contributed by atoms with Crippen molar-refractivity contribution in [1.82, 2.24) is 9.97 Å². The van der Waals surface area contributed by atoms with Gasteiger partial charge in [0.15, 0.2) is 0 Å². The molecule has 1 fully saturated rings. The first kappa shape index (κ1) is 16.9. The number of nitrogens with zero attached hydrogens (tertiary/aromatic N) is 3. The summed E-state index contributed by atoms with van der Waals surface area (Å²) < 4.78 is 18.9. The van der Waals surface area contributed by atoms with Crippen LogP contribution in [0.1, 0.15) is 28.8 Å². The number of fused-ring (bicyclic) bond motifs is 2. The second-order valence-corrected chi connectivity index (χ2v) is 7.34. The van der Waals surface area contributed by atoms with Gasteiger partial charge in [0, 0.05) is 41.2 Å². The maximum atomic E-state index is 14.0. The normalized spacial score (nSPS) is 16.1. The largest absolute Gasteiger partial charge is 0.465 e. The van der Waals surface area contributed by atoms with Gasteiger partial charge in [-0.25, -0.2) is 19.2 Å². The molecule has 28 heavy (non-hydrogen) atoms. The molecule has 1 aliphatic carbocycles. The van der Waals surface area contributed by atoms with Crippen LogP contribution in [-0.4, -0.2) is 29.6 Å². The van der Waals surface area contributed by atoms with Gasteiger partial charge in [-0.1, -0.05) is 24.3 Å². The molecule has 6 heteroatoms. The van der Waals surface area contributed by atoms with E-state index in [-0.39, 0.29) is 17.2 Å². The number of esters is 1. The molecule has 0 atom stereocenters. The van der Waals surface area contributed by atoms with Gasteiger partial charge in [-0.05, 0) is 36.6 Å². The Hall–Kier alpha value is -3.28. The van der Waals surface area contributed by atoms with E-state index in [2.05, 4.69) is 9.97 Å². The Morgan fingerprint density at radius 2 is 1.89 bits per heavy atom. The van der Waals surface area contributed by atoms with Crippen LogP contribution >= 0.6 is 0 Å². The minimum Gasteiger partial charge on any atom is -0.465 e. The van der Waals surface area contributed by atoms with Crippen LogP contribution in [-0.2, 0) is 10.2 Å². The maximum Gasteiger partial charge on any atom is 0.337 e. The molecule has 0 unspecified atom stereocenters. The molecule has 1 saturated carbocycles. The van der Waals surface area contributed by atoms with Crippen molar-refractivity contribution in [3.05, 3.63) is 71.8 Å². The SMILES string of the molecule is COC(=O)c1ccc2c(c1)N(c1ncc(-c3ccccc3F)cn1)CC21CC1. The number of anilines is 2. The van der Waals surface area contributed by atoms with E-state index in [0.29, 0.717) is 22.6 Å². The molecule has 0 N–H and O–H groups in total. The Morgan fingerprint density at radius 1 is 1.14 bits per heavy atom. The molecule has 2 heterocycles.